The Labute approximate surface area is 68.3 Å². The van der Waals surface area contributed by atoms with Gasteiger partial charge in [0.05, 0.1) is 10.0 Å². The minimum absolute atomic E-state index is 0.270. The van der Waals surface area contributed by atoms with Gasteiger partial charge in [-0.15, -0.1) is 5.11 Å². The summed E-state index contributed by atoms with van der Waals surface area (Å²) in [4.78, 5) is 0. The molecule has 0 aliphatic heterocycles. The third kappa shape index (κ3) is 1.28. The molecule has 51 valence electrons. The predicted octanol–water partition coefficient (Wildman–Crippen LogP) is 2.88. The third-order valence-corrected chi connectivity index (χ3v) is 1.85. The van der Waals surface area contributed by atoms with Crippen molar-refractivity contribution in [2.75, 3.05) is 0 Å². The van der Waals surface area contributed by atoms with Crippen molar-refractivity contribution in [2.24, 2.45) is 5.11 Å². The second kappa shape index (κ2) is 2.99. The molecular formula is C6H3Cl2N2. The Morgan fingerprint density at radius 3 is 2.50 bits per heavy atom. The fourth-order valence-corrected chi connectivity index (χ4v) is 0.903. The number of hydrogen-bond donors (Lipinski definition) is 0. The van der Waals surface area contributed by atoms with Crippen molar-refractivity contribution < 1.29 is 0 Å². The van der Waals surface area contributed by atoms with Crippen molar-refractivity contribution in [3.63, 3.8) is 0 Å². The van der Waals surface area contributed by atoms with Gasteiger partial charge in [-0.3, -0.25) is 0 Å². The highest BCUT2D eigenvalue weighted by Gasteiger charge is 2.01. The molecule has 0 aliphatic rings. The van der Waals surface area contributed by atoms with E-state index in [1.165, 1.54) is 0 Å². The molecule has 2 nitrogen and oxygen atoms in total. The number of rotatable bonds is 1. The van der Waals surface area contributed by atoms with Crippen LogP contribution in [0.25, 0.3) is 0 Å². The largest absolute Gasteiger partial charge is 0.128 e. The van der Waals surface area contributed by atoms with Crippen LogP contribution in [-0.4, -0.2) is 0 Å². The summed E-state index contributed by atoms with van der Waals surface area (Å²) in [5.74, 6) is 0. The van der Waals surface area contributed by atoms with Crippen LogP contribution in [0.1, 0.15) is 0 Å². The van der Waals surface area contributed by atoms with Gasteiger partial charge in [0.2, 0.25) is 0 Å². The zero-order valence-electron chi connectivity index (χ0n) is 4.88. The normalized spacial score (nSPS) is 9.40. The van der Waals surface area contributed by atoms with Gasteiger partial charge < -0.3 is 0 Å². The van der Waals surface area contributed by atoms with Crippen molar-refractivity contribution in [1.29, 1.82) is 0 Å². The lowest BCUT2D eigenvalue weighted by Gasteiger charge is -1.95. The molecule has 1 radical (unpaired) electrons. The lowest BCUT2D eigenvalue weighted by molar-refractivity contribution is 1.30. The van der Waals surface area contributed by atoms with Crippen molar-refractivity contribution in [1.82, 2.24) is 5.53 Å². The highest BCUT2D eigenvalue weighted by atomic mass is 35.5. The maximum absolute atomic E-state index is 8.32. The Kier molecular flexibility index (Phi) is 2.25. The van der Waals surface area contributed by atoms with E-state index in [-0.39, 0.29) is 10.7 Å². The summed E-state index contributed by atoms with van der Waals surface area (Å²) in [5, 5.41) is 3.57. The van der Waals surface area contributed by atoms with E-state index in [1.54, 1.807) is 18.2 Å². The first-order chi connectivity index (χ1) is 4.75. The number of benzene rings is 1. The molecule has 0 spiro atoms. The molecule has 1 aromatic rings. The van der Waals surface area contributed by atoms with Gasteiger partial charge in [0, 0.05) is 0 Å². The van der Waals surface area contributed by atoms with E-state index in [9.17, 15) is 0 Å². The Bertz CT molecular complexity index is 260. The summed E-state index contributed by atoms with van der Waals surface area (Å²) in [6, 6.07) is 4.84. The van der Waals surface area contributed by atoms with E-state index in [4.69, 9.17) is 28.7 Å². The molecular weight excluding hydrogens is 171 g/mol. The molecule has 0 aliphatic carbocycles. The summed E-state index contributed by atoms with van der Waals surface area (Å²) < 4.78 is 0. The maximum atomic E-state index is 8.32. The van der Waals surface area contributed by atoms with Gasteiger partial charge in [0.25, 0.3) is 0 Å². The zero-order valence-corrected chi connectivity index (χ0v) is 6.39. The van der Waals surface area contributed by atoms with Crippen LogP contribution >= 0.6 is 23.2 Å². The smallest absolute Gasteiger partial charge is 0.108 e. The number of hydrogen-bond acceptors (Lipinski definition) is 1. The number of nitrogens with zero attached hydrogens (tertiary/aromatic N) is 2. The molecule has 0 unspecified atom stereocenters. The Hall–Kier alpha value is -0.600. The topological polar surface area (TPSA) is 34.7 Å². The highest BCUT2D eigenvalue weighted by Crippen LogP contribution is 2.30. The zero-order chi connectivity index (χ0) is 7.56. The van der Waals surface area contributed by atoms with Gasteiger partial charge in [0.15, 0.2) is 0 Å². The van der Waals surface area contributed by atoms with Gasteiger partial charge in [0.1, 0.15) is 5.69 Å². The molecule has 4 heteroatoms. The van der Waals surface area contributed by atoms with Crippen LogP contribution in [0.2, 0.25) is 10.0 Å². The lowest BCUT2D eigenvalue weighted by atomic mass is 10.3. The van der Waals surface area contributed by atoms with Gasteiger partial charge in [-0.1, -0.05) is 29.3 Å². The SMILES string of the molecule is [N]=Nc1cccc(Cl)c1Cl. The van der Waals surface area contributed by atoms with E-state index in [0.717, 1.165) is 0 Å². The lowest BCUT2D eigenvalue weighted by Crippen LogP contribution is -1.68. The molecule has 10 heavy (non-hydrogen) atoms. The van der Waals surface area contributed by atoms with Crippen LogP contribution in [0.4, 0.5) is 5.69 Å². The van der Waals surface area contributed by atoms with Crippen molar-refractivity contribution in [3.05, 3.63) is 28.2 Å². The molecule has 0 N–H and O–H groups in total. The van der Waals surface area contributed by atoms with E-state index in [1.807, 2.05) is 0 Å². The standard InChI is InChI=1S/C6H3Cl2N2/c7-4-2-1-3-5(10-9)6(4)8/h1-3H. The molecule has 0 bridgehead atoms. The summed E-state index contributed by atoms with van der Waals surface area (Å²) in [6.07, 6.45) is 0. The van der Waals surface area contributed by atoms with E-state index in [0.29, 0.717) is 5.02 Å². The summed E-state index contributed by atoms with van der Waals surface area (Å²) >= 11 is 11.2. The van der Waals surface area contributed by atoms with Crippen LogP contribution in [0.15, 0.2) is 23.3 Å². The van der Waals surface area contributed by atoms with Gasteiger partial charge in [-0.05, 0) is 17.7 Å². The van der Waals surface area contributed by atoms with Crippen LogP contribution in [0, 0.1) is 0 Å². The molecule has 0 atom stereocenters. The summed E-state index contributed by atoms with van der Waals surface area (Å²) in [6.45, 7) is 0. The summed E-state index contributed by atoms with van der Waals surface area (Å²) in [7, 11) is 0. The van der Waals surface area contributed by atoms with Crippen molar-refractivity contribution in [2.45, 2.75) is 0 Å². The molecule has 0 aromatic heterocycles. The Morgan fingerprint density at radius 1 is 1.30 bits per heavy atom. The average molecular weight is 174 g/mol. The first-order valence-electron chi connectivity index (χ1n) is 2.55. The second-order valence-electron chi connectivity index (χ2n) is 1.67. The van der Waals surface area contributed by atoms with Gasteiger partial charge in [-0.2, -0.15) is 0 Å². The van der Waals surface area contributed by atoms with Gasteiger partial charge in [-0.25, -0.2) is 0 Å². The van der Waals surface area contributed by atoms with Crippen LogP contribution in [0.3, 0.4) is 0 Å². The van der Waals surface area contributed by atoms with Crippen LogP contribution < -0.4 is 5.53 Å². The van der Waals surface area contributed by atoms with E-state index in [2.05, 4.69) is 5.11 Å². The molecule has 1 aromatic carbocycles. The highest BCUT2D eigenvalue weighted by molar-refractivity contribution is 6.43. The molecule has 1 rings (SSSR count). The molecule has 0 saturated carbocycles. The minimum atomic E-state index is 0.270. The number of halogens is 2. The first kappa shape index (κ1) is 7.51. The molecule has 0 amide bonds. The van der Waals surface area contributed by atoms with Crippen molar-refractivity contribution in [3.8, 4) is 0 Å². The fraction of sp³-hybridized carbons (Fsp3) is 0. The van der Waals surface area contributed by atoms with Crippen molar-refractivity contribution >= 4 is 28.9 Å². The second-order valence-corrected chi connectivity index (χ2v) is 2.46. The Balaban J connectivity index is 3.27. The first-order valence-corrected chi connectivity index (χ1v) is 3.30. The Morgan fingerprint density at radius 2 is 2.00 bits per heavy atom. The summed E-state index contributed by atoms with van der Waals surface area (Å²) in [5.41, 5.74) is 8.61. The van der Waals surface area contributed by atoms with Gasteiger partial charge >= 0.3 is 0 Å². The average Bonchev–Trinajstić information content (AvgIpc) is 1.95. The van der Waals surface area contributed by atoms with E-state index >= 15 is 0 Å². The van der Waals surface area contributed by atoms with E-state index < -0.39 is 0 Å². The minimum Gasteiger partial charge on any atom is -0.128 e. The monoisotopic (exact) mass is 173 g/mol. The maximum Gasteiger partial charge on any atom is 0.108 e. The third-order valence-electron chi connectivity index (χ3n) is 1.04. The fourth-order valence-electron chi connectivity index (χ4n) is 0.570. The molecule has 0 fully saturated rings. The van der Waals surface area contributed by atoms with Crippen LogP contribution in [-0.2, 0) is 0 Å². The molecule has 0 heterocycles. The quantitative estimate of drug-likeness (QED) is 0.586. The van der Waals surface area contributed by atoms with Crippen LogP contribution in [0.5, 0.6) is 0 Å². The molecule has 0 saturated heterocycles. The predicted molar refractivity (Wildman–Crippen MR) is 40.7 cm³/mol.